The Morgan fingerprint density at radius 2 is 1.92 bits per heavy atom. The van der Waals surface area contributed by atoms with E-state index in [1.54, 1.807) is 6.26 Å². The molecule has 0 aliphatic carbocycles. The number of pyridine rings is 1. The van der Waals surface area contributed by atoms with Gasteiger partial charge < -0.3 is 9.32 Å². The molecular weight excluding hydrogens is 314 g/mol. The van der Waals surface area contributed by atoms with E-state index < -0.39 is 0 Å². The van der Waals surface area contributed by atoms with Crippen LogP contribution in [-0.2, 0) is 17.9 Å². The maximum absolute atomic E-state index is 12.6. The van der Waals surface area contributed by atoms with Gasteiger partial charge in [-0.1, -0.05) is 0 Å². The number of aromatic nitrogens is 1. The van der Waals surface area contributed by atoms with Gasteiger partial charge in [0.15, 0.2) is 0 Å². The first-order chi connectivity index (χ1) is 12.3. The van der Waals surface area contributed by atoms with Crippen LogP contribution in [0.4, 0.5) is 0 Å². The molecule has 4 rings (SSSR count). The predicted molar refractivity (Wildman–Crippen MR) is 94.6 cm³/mol. The number of amides is 1. The lowest BCUT2D eigenvalue weighted by atomic mass is 9.87. The number of hydrogen-bond acceptors (Lipinski definition) is 4. The minimum Gasteiger partial charge on any atom is -0.472 e. The maximum atomic E-state index is 12.6. The molecular formula is C20H25N3O2. The molecule has 5 heteroatoms. The van der Waals surface area contributed by atoms with Gasteiger partial charge in [-0.05, 0) is 56.0 Å². The molecule has 5 nitrogen and oxygen atoms in total. The van der Waals surface area contributed by atoms with Crippen molar-refractivity contribution in [2.24, 2.45) is 0 Å². The molecule has 2 fully saturated rings. The Kier molecular flexibility index (Phi) is 4.57. The van der Waals surface area contributed by atoms with Crippen LogP contribution >= 0.6 is 0 Å². The molecule has 1 amide bonds. The van der Waals surface area contributed by atoms with Crippen molar-refractivity contribution in [3.8, 4) is 0 Å². The second kappa shape index (κ2) is 7.00. The van der Waals surface area contributed by atoms with Gasteiger partial charge in [-0.15, -0.1) is 0 Å². The summed E-state index contributed by atoms with van der Waals surface area (Å²) in [6.45, 7) is 3.77. The minimum atomic E-state index is 0.0332. The third-order valence-corrected chi connectivity index (χ3v) is 5.76. The van der Waals surface area contributed by atoms with Crippen LogP contribution in [-0.4, -0.2) is 39.3 Å². The number of likely N-dealkylation sites (tertiary alicyclic amines) is 2. The summed E-state index contributed by atoms with van der Waals surface area (Å²) in [4.78, 5) is 21.3. The normalized spacial score (nSPS) is 24.8. The average Bonchev–Trinajstić information content (AvgIpc) is 3.18. The van der Waals surface area contributed by atoms with Gasteiger partial charge in [0, 0.05) is 49.6 Å². The minimum absolute atomic E-state index is 0.0332. The van der Waals surface area contributed by atoms with Crippen LogP contribution in [0.25, 0.3) is 0 Å². The first kappa shape index (κ1) is 16.3. The van der Waals surface area contributed by atoms with Gasteiger partial charge in [0.25, 0.3) is 0 Å². The Balaban J connectivity index is 1.47. The lowest BCUT2D eigenvalue weighted by Gasteiger charge is -2.38. The third-order valence-electron chi connectivity index (χ3n) is 5.76. The van der Waals surface area contributed by atoms with Crippen LogP contribution in [0.15, 0.2) is 47.5 Å². The van der Waals surface area contributed by atoms with E-state index >= 15 is 0 Å². The molecule has 4 heterocycles. The summed E-state index contributed by atoms with van der Waals surface area (Å²) in [5.74, 6) is 0.306. The van der Waals surface area contributed by atoms with Gasteiger partial charge in [0.1, 0.15) is 0 Å². The van der Waals surface area contributed by atoms with E-state index in [9.17, 15) is 4.79 Å². The number of carbonyl (C=O) groups excluding carboxylic acids is 1. The van der Waals surface area contributed by atoms with E-state index in [0.717, 1.165) is 45.3 Å². The van der Waals surface area contributed by atoms with E-state index in [0.29, 0.717) is 18.9 Å². The van der Waals surface area contributed by atoms with Crippen molar-refractivity contribution in [2.45, 2.75) is 50.7 Å². The zero-order chi connectivity index (χ0) is 17.1. The molecule has 2 aliphatic heterocycles. The quantitative estimate of drug-likeness (QED) is 0.858. The van der Waals surface area contributed by atoms with Gasteiger partial charge in [-0.2, -0.15) is 0 Å². The van der Waals surface area contributed by atoms with Crippen molar-refractivity contribution in [1.29, 1.82) is 0 Å². The van der Waals surface area contributed by atoms with Crippen molar-refractivity contribution in [3.05, 3.63) is 54.2 Å². The fourth-order valence-electron chi connectivity index (χ4n) is 4.35. The summed E-state index contributed by atoms with van der Waals surface area (Å²) < 4.78 is 5.19. The highest BCUT2D eigenvalue weighted by molar-refractivity contribution is 5.79. The third kappa shape index (κ3) is 3.47. The SMILES string of the molecule is O=C1CCC2(CCCN(Cc3ccoc3)CC2)N1Cc1ccncc1. The van der Waals surface area contributed by atoms with Crippen LogP contribution < -0.4 is 0 Å². The Labute approximate surface area is 148 Å². The Morgan fingerprint density at radius 3 is 2.72 bits per heavy atom. The monoisotopic (exact) mass is 339 g/mol. The van der Waals surface area contributed by atoms with Gasteiger partial charge in [0.2, 0.25) is 5.91 Å². The Hall–Kier alpha value is -2.14. The van der Waals surface area contributed by atoms with Crippen LogP contribution in [0.2, 0.25) is 0 Å². The van der Waals surface area contributed by atoms with E-state index in [-0.39, 0.29) is 5.54 Å². The molecule has 132 valence electrons. The standard InChI is InChI=1S/C20H25N3O2/c24-19-2-7-20(23(19)15-17-3-9-21-10-4-17)6-1-11-22(12-8-20)14-18-5-13-25-16-18/h3-5,9-10,13,16H,1-2,6-8,11-12,14-15H2. The fourth-order valence-corrected chi connectivity index (χ4v) is 4.35. The smallest absolute Gasteiger partial charge is 0.223 e. The van der Waals surface area contributed by atoms with Gasteiger partial charge in [-0.3, -0.25) is 14.7 Å². The maximum Gasteiger partial charge on any atom is 0.223 e. The molecule has 1 unspecified atom stereocenters. The molecule has 25 heavy (non-hydrogen) atoms. The van der Waals surface area contributed by atoms with Crippen molar-refractivity contribution in [2.75, 3.05) is 13.1 Å². The molecule has 0 aromatic carbocycles. The predicted octanol–water partition coefficient (Wildman–Crippen LogP) is 3.22. The van der Waals surface area contributed by atoms with E-state index in [4.69, 9.17) is 4.42 Å². The summed E-state index contributed by atoms with van der Waals surface area (Å²) in [5.41, 5.74) is 2.43. The first-order valence-corrected chi connectivity index (χ1v) is 9.18. The van der Waals surface area contributed by atoms with Crippen LogP contribution in [0, 0.1) is 0 Å². The number of hydrogen-bond donors (Lipinski definition) is 0. The molecule has 2 aromatic heterocycles. The lowest BCUT2D eigenvalue weighted by molar-refractivity contribution is -0.132. The first-order valence-electron chi connectivity index (χ1n) is 9.18. The zero-order valence-corrected chi connectivity index (χ0v) is 14.6. The van der Waals surface area contributed by atoms with Gasteiger partial charge in [-0.25, -0.2) is 0 Å². The topological polar surface area (TPSA) is 49.6 Å². The molecule has 1 spiro atoms. The lowest BCUT2D eigenvalue weighted by Crippen LogP contribution is -2.45. The largest absolute Gasteiger partial charge is 0.472 e. The number of nitrogens with zero attached hydrogens (tertiary/aromatic N) is 3. The molecule has 2 aromatic rings. The zero-order valence-electron chi connectivity index (χ0n) is 14.6. The summed E-state index contributed by atoms with van der Waals surface area (Å²) in [6.07, 6.45) is 12.2. The number of rotatable bonds is 4. The highest BCUT2D eigenvalue weighted by Gasteiger charge is 2.45. The molecule has 1 atom stereocenters. The van der Waals surface area contributed by atoms with Gasteiger partial charge >= 0.3 is 0 Å². The second-order valence-electron chi connectivity index (χ2n) is 7.32. The highest BCUT2D eigenvalue weighted by Crippen LogP contribution is 2.40. The van der Waals surface area contributed by atoms with Crippen molar-refractivity contribution >= 4 is 5.91 Å². The number of furan rings is 1. The van der Waals surface area contributed by atoms with Crippen molar-refractivity contribution in [1.82, 2.24) is 14.8 Å². The Bertz CT molecular complexity index is 701. The summed E-state index contributed by atoms with van der Waals surface area (Å²) in [7, 11) is 0. The number of carbonyl (C=O) groups is 1. The molecule has 0 saturated carbocycles. The van der Waals surface area contributed by atoms with Gasteiger partial charge in [0.05, 0.1) is 12.5 Å². The highest BCUT2D eigenvalue weighted by atomic mass is 16.3. The summed E-state index contributed by atoms with van der Waals surface area (Å²) >= 11 is 0. The molecule has 0 bridgehead atoms. The average molecular weight is 339 g/mol. The van der Waals surface area contributed by atoms with E-state index in [1.807, 2.05) is 36.9 Å². The van der Waals surface area contributed by atoms with E-state index in [1.165, 1.54) is 11.1 Å². The van der Waals surface area contributed by atoms with Crippen LogP contribution in [0.3, 0.4) is 0 Å². The Morgan fingerprint density at radius 1 is 1.04 bits per heavy atom. The van der Waals surface area contributed by atoms with Crippen LogP contribution in [0.1, 0.15) is 43.2 Å². The molecule has 0 N–H and O–H groups in total. The molecule has 2 saturated heterocycles. The fraction of sp³-hybridized carbons (Fsp3) is 0.500. The molecule has 2 aliphatic rings. The van der Waals surface area contributed by atoms with Crippen molar-refractivity contribution in [3.63, 3.8) is 0 Å². The summed E-state index contributed by atoms with van der Waals surface area (Å²) in [5, 5.41) is 0. The van der Waals surface area contributed by atoms with E-state index in [2.05, 4.69) is 14.8 Å². The summed E-state index contributed by atoms with van der Waals surface area (Å²) in [6, 6.07) is 6.07. The second-order valence-corrected chi connectivity index (χ2v) is 7.32. The van der Waals surface area contributed by atoms with Crippen LogP contribution in [0.5, 0.6) is 0 Å². The van der Waals surface area contributed by atoms with Crippen molar-refractivity contribution < 1.29 is 9.21 Å². The molecule has 0 radical (unpaired) electrons.